The van der Waals surface area contributed by atoms with Crippen molar-refractivity contribution < 1.29 is 31.5 Å². The molecule has 8 heteroatoms. The van der Waals surface area contributed by atoms with Crippen molar-refractivity contribution >= 4 is 16.2 Å². The monoisotopic (exact) mass is 536 g/mol. The van der Waals surface area contributed by atoms with Gasteiger partial charge in [-0.2, -0.15) is 8.42 Å². The molecule has 3 aromatic rings. The molecule has 7 nitrogen and oxygen atoms in total. The van der Waals surface area contributed by atoms with Crippen molar-refractivity contribution in [3.05, 3.63) is 102 Å². The number of aryl methyl sites for hydroxylation is 1. The minimum absolute atomic E-state index is 0.0245. The molecule has 5 atom stereocenters. The molecule has 0 amide bonds. The number of benzene rings is 3. The molecule has 0 radical (unpaired) electrons. The van der Waals surface area contributed by atoms with E-state index in [1.54, 1.807) is 31.4 Å². The van der Waals surface area contributed by atoms with Gasteiger partial charge in [0.1, 0.15) is 11.9 Å². The van der Waals surface area contributed by atoms with E-state index in [0.717, 1.165) is 22.4 Å². The second-order valence-corrected chi connectivity index (χ2v) is 11.2. The lowest BCUT2D eigenvalue weighted by Crippen LogP contribution is -2.34. The van der Waals surface area contributed by atoms with Crippen molar-refractivity contribution in [3.8, 4) is 5.75 Å². The number of hydrogen-bond donors (Lipinski definition) is 0. The fourth-order valence-electron chi connectivity index (χ4n) is 4.43. The highest BCUT2D eigenvalue weighted by atomic mass is 32.2. The second kappa shape index (κ2) is 11.8. The van der Waals surface area contributed by atoms with Gasteiger partial charge in [0.05, 0.1) is 36.9 Å². The molecular weight excluding hydrogens is 504 g/mol. The molecule has 3 aromatic carbocycles. The van der Waals surface area contributed by atoms with Crippen molar-refractivity contribution in [1.82, 2.24) is 0 Å². The highest BCUT2D eigenvalue weighted by Gasteiger charge is 2.43. The zero-order valence-corrected chi connectivity index (χ0v) is 22.3. The molecule has 2 aliphatic rings. The standard InChI is InChI=1S/C30H32O7S/c1-21-8-16-27(17-9-21)38(31,32)34-20-29-28(37-29)19-26-18-25(13-10-22-6-4-3-5-7-22)35-30(36-26)23-11-14-24(33-2)15-12-23/h3-17,25-26,28-30H,18-20H2,1-2H3/b13-10+/t25-,26-,28-,29-,30-/m0/s1. The Bertz CT molecular complexity index is 1320. The van der Waals surface area contributed by atoms with Crippen LogP contribution in [0.25, 0.3) is 6.08 Å². The molecule has 0 aromatic heterocycles. The zero-order chi connectivity index (χ0) is 26.5. The maximum absolute atomic E-state index is 12.5. The lowest BCUT2D eigenvalue weighted by atomic mass is 10.0. The molecule has 0 aliphatic carbocycles. The Balaban J connectivity index is 1.21. The lowest BCUT2D eigenvalue weighted by molar-refractivity contribution is -0.238. The Labute approximate surface area is 224 Å². The van der Waals surface area contributed by atoms with Crippen LogP contribution in [0.2, 0.25) is 0 Å². The van der Waals surface area contributed by atoms with E-state index in [0.29, 0.717) is 12.8 Å². The summed E-state index contributed by atoms with van der Waals surface area (Å²) in [6, 6.07) is 24.3. The molecule has 200 valence electrons. The summed E-state index contributed by atoms with van der Waals surface area (Å²) in [4.78, 5) is 0.142. The van der Waals surface area contributed by atoms with Crippen LogP contribution in [0, 0.1) is 6.92 Å². The summed E-state index contributed by atoms with van der Waals surface area (Å²) in [6.45, 7) is 1.88. The van der Waals surface area contributed by atoms with Gasteiger partial charge >= 0.3 is 0 Å². The van der Waals surface area contributed by atoms with Crippen LogP contribution in [0.3, 0.4) is 0 Å². The van der Waals surface area contributed by atoms with E-state index in [1.807, 2.05) is 61.5 Å². The van der Waals surface area contributed by atoms with Gasteiger partial charge in [0, 0.05) is 18.4 Å². The molecule has 2 aliphatic heterocycles. The van der Waals surface area contributed by atoms with Crippen molar-refractivity contribution in [2.45, 2.75) is 55.4 Å². The maximum atomic E-state index is 12.5. The van der Waals surface area contributed by atoms with E-state index in [1.165, 1.54) is 0 Å². The summed E-state index contributed by atoms with van der Waals surface area (Å²) in [5.41, 5.74) is 2.97. The first-order valence-corrected chi connectivity index (χ1v) is 14.1. The van der Waals surface area contributed by atoms with Gasteiger partial charge in [-0.3, -0.25) is 4.18 Å². The molecule has 0 unspecified atom stereocenters. The molecule has 2 saturated heterocycles. The van der Waals surface area contributed by atoms with Gasteiger partial charge < -0.3 is 18.9 Å². The normalized spacial score (nSPS) is 25.4. The predicted molar refractivity (Wildman–Crippen MR) is 143 cm³/mol. The van der Waals surface area contributed by atoms with E-state index in [-0.39, 0.29) is 35.9 Å². The van der Waals surface area contributed by atoms with Crippen molar-refractivity contribution in [1.29, 1.82) is 0 Å². The SMILES string of the molecule is COc1ccc([C@@H]2O[C@H](C[C@@H]3O[C@H]3COS(=O)(=O)c3ccc(C)cc3)C[C@H](/C=C/c3ccccc3)O2)cc1. The molecule has 38 heavy (non-hydrogen) atoms. The van der Waals surface area contributed by atoms with Crippen LogP contribution in [-0.2, 0) is 28.5 Å². The smallest absolute Gasteiger partial charge is 0.297 e. The number of epoxide rings is 1. The lowest BCUT2D eigenvalue weighted by Gasteiger charge is -2.35. The molecule has 0 spiro atoms. The van der Waals surface area contributed by atoms with Gasteiger partial charge in [-0.05, 0) is 36.8 Å². The molecule has 2 heterocycles. The van der Waals surface area contributed by atoms with Gasteiger partial charge in [-0.1, -0.05) is 72.3 Å². The van der Waals surface area contributed by atoms with Crippen LogP contribution >= 0.6 is 0 Å². The van der Waals surface area contributed by atoms with Crippen molar-refractivity contribution in [2.75, 3.05) is 13.7 Å². The van der Waals surface area contributed by atoms with E-state index in [2.05, 4.69) is 12.2 Å². The van der Waals surface area contributed by atoms with Crippen LogP contribution in [0.15, 0.2) is 89.8 Å². The van der Waals surface area contributed by atoms with Crippen LogP contribution in [0.1, 0.15) is 35.8 Å². The van der Waals surface area contributed by atoms with E-state index < -0.39 is 16.4 Å². The topological polar surface area (TPSA) is 83.6 Å². The van der Waals surface area contributed by atoms with E-state index in [9.17, 15) is 8.42 Å². The van der Waals surface area contributed by atoms with Crippen molar-refractivity contribution in [3.63, 3.8) is 0 Å². The average molecular weight is 537 g/mol. The summed E-state index contributed by atoms with van der Waals surface area (Å²) in [5.74, 6) is 0.761. The Morgan fingerprint density at radius 2 is 1.63 bits per heavy atom. The van der Waals surface area contributed by atoms with Gasteiger partial charge in [-0.25, -0.2) is 0 Å². The Morgan fingerprint density at radius 3 is 2.34 bits per heavy atom. The minimum atomic E-state index is -3.83. The first-order chi connectivity index (χ1) is 18.4. The van der Waals surface area contributed by atoms with Crippen LogP contribution in [0.5, 0.6) is 5.75 Å². The Kier molecular flexibility index (Phi) is 8.26. The molecule has 0 N–H and O–H groups in total. The minimum Gasteiger partial charge on any atom is -0.497 e. The molecular formula is C30H32O7S. The molecule has 5 rings (SSSR count). The quantitative estimate of drug-likeness (QED) is 0.252. The van der Waals surface area contributed by atoms with E-state index in [4.69, 9.17) is 23.1 Å². The molecule has 0 bridgehead atoms. The Morgan fingerprint density at radius 1 is 0.895 bits per heavy atom. The summed E-state index contributed by atoms with van der Waals surface area (Å²) in [5, 5.41) is 0. The van der Waals surface area contributed by atoms with Crippen LogP contribution in [0.4, 0.5) is 0 Å². The largest absolute Gasteiger partial charge is 0.497 e. The summed E-state index contributed by atoms with van der Waals surface area (Å²) >= 11 is 0. The average Bonchev–Trinajstić information content (AvgIpc) is 3.69. The highest BCUT2D eigenvalue weighted by molar-refractivity contribution is 7.86. The molecule has 2 fully saturated rings. The first-order valence-electron chi connectivity index (χ1n) is 12.7. The van der Waals surface area contributed by atoms with Crippen LogP contribution in [-0.4, -0.2) is 46.6 Å². The first kappa shape index (κ1) is 26.6. The Hall–Kier alpha value is -3.01. The number of rotatable bonds is 10. The number of methoxy groups -OCH3 is 1. The summed E-state index contributed by atoms with van der Waals surface area (Å²) in [7, 11) is -2.20. The van der Waals surface area contributed by atoms with Gasteiger partial charge in [-0.15, -0.1) is 0 Å². The third-order valence-electron chi connectivity index (χ3n) is 6.68. The number of hydrogen-bond acceptors (Lipinski definition) is 7. The van der Waals surface area contributed by atoms with Crippen LogP contribution < -0.4 is 4.74 Å². The fourth-order valence-corrected chi connectivity index (χ4v) is 5.35. The maximum Gasteiger partial charge on any atom is 0.297 e. The summed E-state index contributed by atoms with van der Waals surface area (Å²) in [6.07, 6.45) is 4.13. The second-order valence-electron chi connectivity index (χ2n) is 9.54. The fraction of sp³-hybridized carbons (Fsp3) is 0.333. The third kappa shape index (κ3) is 6.89. The molecule has 0 saturated carbocycles. The highest BCUT2D eigenvalue weighted by Crippen LogP contribution is 2.37. The van der Waals surface area contributed by atoms with E-state index >= 15 is 0 Å². The third-order valence-corrected chi connectivity index (χ3v) is 7.98. The van der Waals surface area contributed by atoms with Gasteiger partial charge in [0.15, 0.2) is 6.29 Å². The van der Waals surface area contributed by atoms with Gasteiger partial charge in [0.25, 0.3) is 10.1 Å². The predicted octanol–water partition coefficient (Wildman–Crippen LogP) is 5.45. The number of ether oxygens (including phenoxy) is 4. The van der Waals surface area contributed by atoms with Crippen molar-refractivity contribution in [2.24, 2.45) is 0 Å². The van der Waals surface area contributed by atoms with Gasteiger partial charge in [0.2, 0.25) is 0 Å². The zero-order valence-electron chi connectivity index (χ0n) is 21.4. The summed E-state index contributed by atoms with van der Waals surface area (Å²) < 4.78 is 53.9.